The first-order chi connectivity index (χ1) is 11.7. The third kappa shape index (κ3) is 4.72. The van der Waals surface area contributed by atoms with E-state index in [0.29, 0.717) is 35.2 Å². The number of piperidine rings is 1. The fraction of sp³-hybridized carbons (Fsp3) is 0.611. The zero-order chi connectivity index (χ0) is 18.8. The molecule has 0 aliphatic carbocycles. The van der Waals surface area contributed by atoms with Gasteiger partial charge in [-0.1, -0.05) is 23.2 Å². The van der Waals surface area contributed by atoms with Crippen molar-refractivity contribution in [3.63, 3.8) is 0 Å². The second-order valence-electron chi connectivity index (χ2n) is 7.21. The van der Waals surface area contributed by atoms with Gasteiger partial charge in [0.25, 0.3) is 0 Å². The Morgan fingerprint density at radius 3 is 2.60 bits per heavy atom. The highest BCUT2D eigenvalue weighted by Gasteiger charge is 2.36. The second-order valence-corrected chi connectivity index (χ2v) is 7.99. The van der Waals surface area contributed by atoms with E-state index in [1.807, 2.05) is 20.8 Å². The normalized spacial score (nSPS) is 21.2. The lowest BCUT2D eigenvalue weighted by Crippen LogP contribution is -2.49. The quantitative estimate of drug-likeness (QED) is 0.827. The molecule has 0 spiro atoms. The number of aliphatic hydroxyl groups is 1. The van der Waals surface area contributed by atoms with Crippen LogP contribution in [0.5, 0.6) is 5.75 Å². The Kier molecular flexibility index (Phi) is 6.46. The van der Waals surface area contributed by atoms with E-state index in [9.17, 15) is 9.90 Å². The van der Waals surface area contributed by atoms with Crippen LogP contribution in [0.4, 0.5) is 4.79 Å². The van der Waals surface area contributed by atoms with E-state index in [2.05, 4.69) is 0 Å². The Balaban J connectivity index is 2.22. The van der Waals surface area contributed by atoms with Crippen LogP contribution in [0.1, 0.15) is 45.1 Å². The van der Waals surface area contributed by atoms with Crippen LogP contribution in [0.3, 0.4) is 0 Å². The molecule has 2 atom stereocenters. The number of halogens is 2. The predicted octanol–water partition coefficient (Wildman–Crippen LogP) is 4.48. The highest BCUT2D eigenvalue weighted by molar-refractivity contribution is 6.42. The number of carbonyl (C=O) groups is 1. The number of hydrogen-bond acceptors (Lipinski definition) is 4. The largest absolute Gasteiger partial charge is 0.496 e. The van der Waals surface area contributed by atoms with Crippen LogP contribution < -0.4 is 4.74 Å². The van der Waals surface area contributed by atoms with Crippen LogP contribution >= 0.6 is 23.2 Å². The Morgan fingerprint density at radius 2 is 2.04 bits per heavy atom. The first kappa shape index (κ1) is 20.1. The van der Waals surface area contributed by atoms with Gasteiger partial charge in [0.1, 0.15) is 11.4 Å². The third-order valence-corrected chi connectivity index (χ3v) is 5.09. The van der Waals surface area contributed by atoms with Gasteiger partial charge in [-0.3, -0.25) is 0 Å². The molecule has 1 N–H and O–H groups in total. The molecule has 25 heavy (non-hydrogen) atoms. The summed E-state index contributed by atoms with van der Waals surface area (Å²) in [6.45, 7) is 5.79. The molecule has 0 radical (unpaired) electrons. The summed E-state index contributed by atoms with van der Waals surface area (Å²) < 4.78 is 10.9. The van der Waals surface area contributed by atoms with Crippen molar-refractivity contribution >= 4 is 29.3 Å². The summed E-state index contributed by atoms with van der Waals surface area (Å²) in [5.74, 6) is 0.707. The maximum absolute atomic E-state index is 12.4. The van der Waals surface area contributed by atoms with Crippen molar-refractivity contribution in [3.8, 4) is 5.75 Å². The first-order valence-electron chi connectivity index (χ1n) is 8.30. The van der Waals surface area contributed by atoms with E-state index in [-0.39, 0.29) is 18.6 Å². The minimum atomic E-state index is -0.576. The van der Waals surface area contributed by atoms with Crippen LogP contribution in [0.2, 0.25) is 10.0 Å². The zero-order valence-corrected chi connectivity index (χ0v) is 16.5. The van der Waals surface area contributed by atoms with Gasteiger partial charge in [-0.15, -0.1) is 0 Å². The van der Waals surface area contributed by atoms with Crippen LogP contribution in [-0.4, -0.2) is 48.0 Å². The highest BCUT2D eigenvalue weighted by Crippen LogP contribution is 2.43. The molecule has 1 aromatic carbocycles. The molecule has 1 aliphatic heterocycles. The summed E-state index contributed by atoms with van der Waals surface area (Å²) in [6, 6.07) is 3.15. The summed E-state index contributed by atoms with van der Waals surface area (Å²) in [4.78, 5) is 14.0. The topological polar surface area (TPSA) is 59.0 Å². The molecule has 5 nitrogen and oxygen atoms in total. The first-order valence-corrected chi connectivity index (χ1v) is 9.06. The average molecular weight is 390 g/mol. The lowest BCUT2D eigenvalue weighted by Gasteiger charge is -2.39. The Hall–Kier alpha value is -1.17. The maximum atomic E-state index is 12.4. The van der Waals surface area contributed by atoms with Gasteiger partial charge in [-0.2, -0.15) is 0 Å². The number of methoxy groups -OCH3 is 1. The Morgan fingerprint density at radius 1 is 1.36 bits per heavy atom. The lowest BCUT2D eigenvalue weighted by molar-refractivity contribution is -0.000512. The molecule has 140 valence electrons. The minimum absolute atomic E-state index is 0.0389. The molecule has 1 saturated heterocycles. The monoisotopic (exact) mass is 389 g/mol. The number of rotatable bonds is 3. The van der Waals surface area contributed by atoms with E-state index >= 15 is 0 Å². The van der Waals surface area contributed by atoms with E-state index in [1.165, 1.54) is 0 Å². The van der Waals surface area contributed by atoms with Crippen LogP contribution in [0, 0.1) is 0 Å². The van der Waals surface area contributed by atoms with Crippen molar-refractivity contribution in [3.05, 3.63) is 27.7 Å². The van der Waals surface area contributed by atoms with Crippen molar-refractivity contribution in [2.45, 2.75) is 51.2 Å². The van der Waals surface area contributed by atoms with Crippen LogP contribution in [-0.2, 0) is 4.74 Å². The fourth-order valence-corrected chi connectivity index (χ4v) is 3.63. The summed E-state index contributed by atoms with van der Waals surface area (Å²) in [6.07, 6.45) is 0.840. The molecule has 7 heteroatoms. The van der Waals surface area contributed by atoms with Crippen LogP contribution in [0.25, 0.3) is 0 Å². The molecular weight excluding hydrogens is 365 g/mol. The molecule has 1 aliphatic rings. The summed E-state index contributed by atoms with van der Waals surface area (Å²) in [7, 11) is 1.59. The molecule has 0 unspecified atom stereocenters. The van der Waals surface area contributed by atoms with E-state index in [1.54, 1.807) is 24.1 Å². The Labute approximate surface area is 158 Å². The van der Waals surface area contributed by atoms with E-state index in [4.69, 9.17) is 32.7 Å². The van der Waals surface area contributed by atoms with Crippen LogP contribution in [0.15, 0.2) is 12.1 Å². The highest BCUT2D eigenvalue weighted by atomic mass is 35.5. The van der Waals surface area contributed by atoms with Crippen molar-refractivity contribution in [1.82, 2.24) is 4.90 Å². The number of carbonyl (C=O) groups excluding carboxylic acids is 1. The van der Waals surface area contributed by atoms with Gasteiger partial charge in [0.15, 0.2) is 0 Å². The molecule has 0 aromatic heterocycles. The molecule has 1 fully saturated rings. The molecule has 2 rings (SSSR count). The Bertz CT molecular complexity index is 630. The SMILES string of the molecule is COc1ccc(Cl)c(Cl)c1[C@@H]1CCN(C(=O)OC(C)(C)C)[C@H](CO)C1. The maximum Gasteiger partial charge on any atom is 0.410 e. The predicted molar refractivity (Wildman–Crippen MR) is 98.8 cm³/mol. The molecule has 1 amide bonds. The van der Waals surface area contributed by atoms with Gasteiger partial charge >= 0.3 is 6.09 Å². The standard InChI is InChI=1S/C18H25Cl2NO4/c1-18(2,3)25-17(23)21-8-7-11(9-12(21)10-22)15-14(24-4)6-5-13(19)16(15)20/h5-6,11-12,22H,7-10H2,1-4H3/t11-,12+/m1/s1. The molecule has 0 bridgehead atoms. The average Bonchev–Trinajstić information content (AvgIpc) is 2.55. The van der Waals surface area contributed by atoms with Gasteiger partial charge < -0.3 is 19.5 Å². The van der Waals surface area contributed by atoms with Gasteiger partial charge in [-0.05, 0) is 51.7 Å². The number of hydrogen-bond donors (Lipinski definition) is 1. The fourth-order valence-electron chi connectivity index (χ4n) is 3.15. The summed E-state index contributed by atoms with van der Waals surface area (Å²) >= 11 is 12.6. The van der Waals surface area contributed by atoms with Crippen molar-refractivity contribution in [2.75, 3.05) is 20.3 Å². The van der Waals surface area contributed by atoms with Gasteiger partial charge in [0.05, 0.1) is 29.8 Å². The minimum Gasteiger partial charge on any atom is -0.496 e. The van der Waals surface area contributed by atoms with Crippen molar-refractivity contribution in [1.29, 1.82) is 0 Å². The number of likely N-dealkylation sites (tertiary alicyclic amines) is 1. The third-order valence-electron chi connectivity index (χ3n) is 4.28. The summed E-state index contributed by atoms with van der Waals surface area (Å²) in [5, 5.41) is 10.7. The molecule has 1 aromatic rings. The van der Waals surface area contributed by atoms with Crippen molar-refractivity contribution < 1.29 is 19.4 Å². The van der Waals surface area contributed by atoms with E-state index in [0.717, 1.165) is 5.56 Å². The number of amides is 1. The smallest absolute Gasteiger partial charge is 0.410 e. The molecule has 0 saturated carbocycles. The second kappa shape index (κ2) is 8.02. The van der Waals surface area contributed by atoms with Crippen molar-refractivity contribution in [2.24, 2.45) is 0 Å². The number of aliphatic hydroxyl groups excluding tert-OH is 1. The number of benzene rings is 1. The number of nitrogens with zero attached hydrogens (tertiary/aromatic N) is 1. The zero-order valence-electron chi connectivity index (χ0n) is 15.0. The molecular formula is C18H25Cl2NO4. The van der Waals surface area contributed by atoms with Gasteiger partial charge in [0, 0.05) is 12.1 Å². The molecule has 1 heterocycles. The number of ether oxygens (including phenoxy) is 2. The van der Waals surface area contributed by atoms with Gasteiger partial charge in [-0.25, -0.2) is 4.79 Å². The summed E-state index contributed by atoms with van der Waals surface area (Å²) in [5.41, 5.74) is 0.256. The van der Waals surface area contributed by atoms with E-state index < -0.39 is 11.7 Å². The lowest BCUT2D eigenvalue weighted by atomic mass is 9.85. The van der Waals surface area contributed by atoms with Gasteiger partial charge in [0.2, 0.25) is 0 Å².